The molecule has 16 heavy (non-hydrogen) atoms. The lowest BCUT2D eigenvalue weighted by atomic mass is 10.0. The Balaban J connectivity index is 3.11. The van der Waals surface area contributed by atoms with Crippen LogP contribution in [0.3, 0.4) is 0 Å². The van der Waals surface area contributed by atoms with E-state index in [9.17, 15) is 22.0 Å². The van der Waals surface area contributed by atoms with Gasteiger partial charge in [-0.15, -0.1) is 11.3 Å². The first kappa shape index (κ1) is 13.9. The molecule has 8 heteroatoms. The topological polar surface area (TPSA) is 20.2 Å². The minimum atomic E-state index is -5.77. The van der Waals surface area contributed by atoms with Crippen molar-refractivity contribution in [3.8, 4) is 0 Å². The van der Waals surface area contributed by atoms with Crippen LogP contribution in [0.5, 0.6) is 0 Å². The normalized spacial score (nSPS) is 15.2. The highest BCUT2D eigenvalue weighted by atomic mass is 79.9. The van der Waals surface area contributed by atoms with Gasteiger partial charge in [0.1, 0.15) is 0 Å². The maximum atomic E-state index is 12.8. The van der Waals surface area contributed by atoms with Crippen molar-refractivity contribution in [3.63, 3.8) is 0 Å². The van der Waals surface area contributed by atoms with E-state index in [0.717, 1.165) is 17.4 Å². The molecule has 0 radical (unpaired) electrons. The SMILES string of the molecule is Cc1sc(Br)cc1C(O)C(F)(F)C(F)(F)F. The van der Waals surface area contributed by atoms with Gasteiger partial charge in [-0.3, -0.25) is 0 Å². The number of halogens is 6. The van der Waals surface area contributed by atoms with Crippen LogP contribution in [-0.4, -0.2) is 17.2 Å². The number of rotatable bonds is 2. The molecule has 0 saturated carbocycles. The molecule has 0 amide bonds. The molecule has 1 unspecified atom stereocenters. The molecule has 0 aromatic carbocycles. The first-order valence-electron chi connectivity index (χ1n) is 3.96. The van der Waals surface area contributed by atoms with Crippen molar-refractivity contribution in [2.45, 2.75) is 25.1 Å². The Labute approximate surface area is 100 Å². The van der Waals surface area contributed by atoms with Crippen LogP contribution >= 0.6 is 27.3 Å². The predicted molar refractivity (Wildman–Crippen MR) is 52.7 cm³/mol. The van der Waals surface area contributed by atoms with Gasteiger partial charge in [0, 0.05) is 10.4 Å². The Hall–Kier alpha value is -0.210. The summed E-state index contributed by atoms with van der Waals surface area (Å²) in [5.74, 6) is -5.15. The number of thiophene rings is 1. The largest absolute Gasteiger partial charge is 0.456 e. The summed E-state index contributed by atoms with van der Waals surface area (Å²) in [7, 11) is 0. The van der Waals surface area contributed by atoms with E-state index in [2.05, 4.69) is 15.9 Å². The molecule has 0 bridgehead atoms. The highest BCUT2D eigenvalue weighted by Gasteiger charge is 2.62. The second-order valence-electron chi connectivity index (χ2n) is 3.09. The van der Waals surface area contributed by atoms with Crippen molar-refractivity contribution in [1.29, 1.82) is 0 Å². The van der Waals surface area contributed by atoms with Gasteiger partial charge in [-0.2, -0.15) is 22.0 Å². The van der Waals surface area contributed by atoms with Gasteiger partial charge < -0.3 is 5.11 Å². The summed E-state index contributed by atoms with van der Waals surface area (Å²) < 4.78 is 62.0. The van der Waals surface area contributed by atoms with E-state index in [1.54, 1.807) is 0 Å². The van der Waals surface area contributed by atoms with Gasteiger partial charge in [-0.25, -0.2) is 0 Å². The van der Waals surface area contributed by atoms with Gasteiger partial charge in [0.05, 0.1) is 3.79 Å². The van der Waals surface area contributed by atoms with Gasteiger partial charge in [0.15, 0.2) is 6.10 Å². The van der Waals surface area contributed by atoms with Crippen LogP contribution in [0.4, 0.5) is 22.0 Å². The highest BCUT2D eigenvalue weighted by Crippen LogP contribution is 2.46. The van der Waals surface area contributed by atoms with Crippen molar-refractivity contribution in [3.05, 3.63) is 20.3 Å². The molecular weight excluding hydrogens is 319 g/mol. The Morgan fingerprint density at radius 3 is 2.12 bits per heavy atom. The van der Waals surface area contributed by atoms with Crippen LogP contribution in [0.25, 0.3) is 0 Å². The Kier molecular flexibility index (Phi) is 3.66. The van der Waals surface area contributed by atoms with Gasteiger partial charge >= 0.3 is 12.1 Å². The maximum absolute atomic E-state index is 12.8. The average molecular weight is 325 g/mol. The van der Waals surface area contributed by atoms with Crippen molar-refractivity contribution in [2.75, 3.05) is 0 Å². The van der Waals surface area contributed by atoms with E-state index < -0.39 is 23.8 Å². The molecule has 1 aromatic heterocycles. The lowest BCUT2D eigenvalue weighted by Gasteiger charge is -2.24. The number of aliphatic hydroxyl groups is 1. The first-order chi connectivity index (χ1) is 7.07. The standard InChI is InChI=1S/C8H6BrF5OS/c1-3-4(2-5(9)16-3)6(15)7(10,11)8(12,13)14/h2,6,15H,1H3. The Bertz CT molecular complexity index is 386. The van der Waals surface area contributed by atoms with E-state index >= 15 is 0 Å². The molecule has 92 valence electrons. The number of aryl methyl sites for hydroxylation is 1. The molecule has 1 nitrogen and oxygen atoms in total. The maximum Gasteiger partial charge on any atom is 0.456 e. The molecule has 1 atom stereocenters. The second-order valence-corrected chi connectivity index (χ2v) is 5.72. The highest BCUT2D eigenvalue weighted by molar-refractivity contribution is 9.11. The van der Waals surface area contributed by atoms with Crippen molar-refractivity contribution in [2.24, 2.45) is 0 Å². The van der Waals surface area contributed by atoms with E-state index in [1.807, 2.05) is 0 Å². The average Bonchev–Trinajstić information content (AvgIpc) is 2.41. The van der Waals surface area contributed by atoms with E-state index in [0.29, 0.717) is 3.79 Å². The monoisotopic (exact) mass is 324 g/mol. The third-order valence-electron chi connectivity index (χ3n) is 1.94. The zero-order valence-electron chi connectivity index (χ0n) is 7.78. The van der Waals surface area contributed by atoms with Crippen molar-refractivity contribution >= 4 is 27.3 Å². The second kappa shape index (κ2) is 4.23. The summed E-state index contributed by atoms with van der Waals surface area (Å²) in [6.45, 7) is 1.36. The molecule has 0 saturated heterocycles. The van der Waals surface area contributed by atoms with E-state index in [-0.39, 0.29) is 4.88 Å². The summed E-state index contributed by atoms with van der Waals surface area (Å²) in [5, 5.41) is 9.09. The van der Waals surface area contributed by atoms with Crippen molar-refractivity contribution < 1.29 is 27.1 Å². The molecule has 0 aliphatic heterocycles. The van der Waals surface area contributed by atoms with Crippen LogP contribution in [0, 0.1) is 6.92 Å². The zero-order chi connectivity index (χ0) is 12.7. The quantitative estimate of drug-likeness (QED) is 0.814. The molecule has 0 aliphatic rings. The fourth-order valence-electron chi connectivity index (χ4n) is 1.08. The molecule has 1 aromatic rings. The van der Waals surface area contributed by atoms with Gasteiger partial charge in [0.25, 0.3) is 0 Å². The smallest absolute Gasteiger partial charge is 0.382 e. The first-order valence-corrected chi connectivity index (χ1v) is 5.56. The number of aliphatic hydroxyl groups excluding tert-OH is 1. The fraction of sp³-hybridized carbons (Fsp3) is 0.500. The molecular formula is C8H6BrF5OS. The fourth-order valence-corrected chi connectivity index (χ4v) is 2.82. The third-order valence-corrected chi connectivity index (χ3v) is 3.51. The molecule has 1 N–H and O–H groups in total. The van der Waals surface area contributed by atoms with Crippen LogP contribution in [-0.2, 0) is 0 Å². The van der Waals surface area contributed by atoms with Gasteiger partial charge in [-0.05, 0) is 28.9 Å². The third kappa shape index (κ3) is 2.38. The molecule has 0 spiro atoms. The van der Waals surface area contributed by atoms with Crippen molar-refractivity contribution in [1.82, 2.24) is 0 Å². The van der Waals surface area contributed by atoms with Crippen LogP contribution in [0.15, 0.2) is 9.85 Å². The van der Waals surface area contributed by atoms with Gasteiger partial charge in [0.2, 0.25) is 0 Å². The Morgan fingerprint density at radius 1 is 1.31 bits per heavy atom. The number of hydrogen-bond acceptors (Lipinski definition) is 2. The summed E-state index contributed by atoms with van der Waals surface area (Å²) in [5.41, 5.74) is -0.417. The van der Waals surface area contributed by atoms with Crippen LogP contribution < -0.4 is 0 Å². The number of hydrogen-bond donors (Lipinski definition) is 1. The minimum Gasteiger partial charge on any atom is -0.382 e. The molecule has 1 heterocycles. The minimum absolute atomic E-state index is 0.211. The van der Waals surface area contributed by atoms with E-state index in [1.165, 1.54) is 6.92 Å². The predicted octanol–water partition coefficient (Wildman–Crippen LogP) is 4.05. The number of alkyl halides is 5. The zero-order valence-corrected chi connectivity index (χ0v) is 10.2. The van der Waals surface area contributed by atoms with Gasteiger partial charge in [-0.1, -0.05) is 0 Å². The molecule has 0 aliphatic carbocycles. The molecule has 1 rings (SSSR count). The molecule has 0 fully saturated rings. The van der Waals surface area contributed by atoms with E-state index in [4.69, 9.17) is 5.11 Å². The summed E-state index contributed by atoms with van der Waals surface area (Å²) in [6.07, 6.45) is -8.65. The lowest BCUT2D eigenvalue weighted by Crippen LogP contribution is -2.42. The van der Waals surface area contributed by atoms with Crippen LogP contribution in [0.1, 0.15) is 16.5 Å². The summed E-state index contributed by atoms with van der Waals surface area (Å²) >= 11 is 3.93. The lowest BCUT2D eigenvalue weighted by molar-refractivity contribution is -0.315. The Morgan fingerprint density at radius 2 is 1.81 bits per heavy atom. The van der Waals surface area contributed by atoms with Crippen LogP contribution in [0.2, 0.25) is 0 Å². The summed E-state index contributed by atoms with van der Waals surface area (Å²) in [6, 6.07) is 1.06. The summed E-state index contributed by atoms with van der Waals surface area (Å²) in [4.78, 5) is 0.211.